The van der Waals surface area contributed by atoms with Crippen LogP contribution in [0.25, 0.3) is 0 Å². The standard InChI is InChI=1S/C14H13Br2NO2S/c15-10-2-1-3-12(8-10)19-6-7-20(18)14-9-11(16)4-5-13(14)17/h1-5,8-9H,6-7,17H2. The van der Waals surface area contributed by atoms with Crippen molar-refractivity contribution in [2.75, 3.05) is 18.1 Å². The van der Waals surface area contributed by atoms with Crippen molar-refractivity contribution in [1.82, 2.24) is 0 Å². The van der Waals surface area contributed by atoms with E-state index in [-0.39, 0.29) is 0 Å². The van der Waals surface area contributed by atoms with E-state index in [9.17, 15) is 4.21 Å². The number of hydrogen-bond acceptors (Lipinski definition) is 3. The van der Waals surface area contributed by atoms with E-state index < -0.39 is 10.8 Å². The summed E-state index contributed by atoms with van der Waals surface area (Å²) in [5.41, 5.74) is 6.37. The highest BCUT2D eigenvalue weighted by Gasteiger charge is 2.09. The van der Waals surface area contributed by atoms with Gasteiger partial charge in [-0.1, -0.05) is 37.9 Å². The highest BCUT2D eigenvalue weighted by Crippen LogP contribution is 2.22. The van der Waals surface area contributed by atoms with Gasteiger partial charge in [-0.2, -0.15) is 0 Å². The summed E-state index contributed by atoms with van der Waals surface area (Å²) in [6.45, 7) is 0.370. The molecule has 1 atom stereocenters. The molecule has 3 nitrogen and oxygen atoms in total. The van der Waals surface area contributed by atoms with Crippen LogP contribution < -0.4 is 10.5 Å². The molecule has 2 aromatic carbocycles. The summed E-state index contributed by atoms with van der Waals surface area (Å²) in [6, 6.07) is 12.9. The van der Waals surface area contributed by atoms with E-state index >= 15 is 0 Å². The van der Waals surface area contributed by atoms with Crippen molar-refractivity contribution in [2.24, 2.45) is 0 Å². The lowest BCUT2D eigenvalue weighted by Gasteiger charge is -2.08. The van der Waals surface area contributed by atoms with E-state index in [1.165, 1.54) is 0 Å². The largest absolute Gasteiger partial charge is 0.493 e. The fourth-order valence-corrected chi connectivity index (χ4v) is 3.54. The van der Waals surface area contributed by atoms with Gasteiger partial charge in [-0.25, -0.2) is 0 Å². The fraction of sp³-hybridized carbons (Fsp3) is 0.143. The number of anilines is 1. The van der Waals surface area contributed by atoms with E-state index in [1.807, 2.05) is 30.3 Å². The van der Waals surface area contributed by atoms with E-state index in [1.54, 1.807) is 12.1 Å². The summed E-state index contributed by atoms with van der Waals surface area (Å²) in [6.07, 6.45) is 0. The van der Waals surface area contributed by atoms with Crippen molar-refractivity contribution in [3.05, 3.63) is 51.4 Å². The second kappa shape index (κ2) is 7.24. The lowest BCUT2D eigenvalue weighted by Crippen LogP contribution is -2.10. The zero-order valence-corrected chi connectivity index (χ0v) is 14.5. The number of benzene rings is 2. The average Bonchev–Trinajstić information content (AvgIpc) is 2.41. The summed E-state index contributed by atoms with van der Waals surface area (Å²) in [7, 11) is -1.18. The maximum absolute atomic E-state index is 12.2. The van der Waals surface area contributed by atoms with Crippen LogP contribution in [-0.4, -0.2) is 16.6 Å². The third kappa shape index (κ3) is 4.33. The molecule has 0 heterocycles. The van der Waals surface area contributed by atoms with Crippen LogP contribution in [0.3, 0.4) is 0 Å². The van der Waals surface area contributed by atoms with Crippen LogP contribution >= 0.6 is 31.9 Å². The Morgan fingerprint density at radius 2 is 1.85 bits per heavy atom. The Hall–Kier alpha value is -0.850. The molecular formula is C14H13Br2NO2S. The number of halogens is 2. The van der Waals surface area contributed by atoms with Crippen LogP contribution in [0, 0.1) is 0 Å². The summed E-state index contributed by atoms with van der Waals surface area (Å²) in [4.78, 5) is 0.636. The first-order valence-corrected chi connectivity index (χ1v) is 8.78. The van der Waals surface area contributed by atoms with Crippen molar-refractivity contribution in [3.63, 3.8) is 0 Å². The molecule has 0 aliphatic rings. The number of nitrogens with two attached hydrogens (primary N) is 1. The number of nitrogen functional groups attached to an aromatic ring is 1. The van der Waals surface area contributed by atoms with Gasteiger partial charge in [-0.05, 0) is 36.4 Å². The minimum absolute atomic E-state index is 0.370. The Kier molecular flexibility index (Phi) is 5.63. The first-order valence-electron chi connectivity index (χ1n) is 5.88. The molecule has 0 bridgehead atoms. The Morgan fingerprint density at radius 3 is 2.60 bits per heavy atom. The first kappa shape index (κ1) is 15.5. The van der Waals surface area contributed by atoms with Gasteiger partial charge in [0.15, 0.2) is 0 Å². The smallest absolute Gasteiger partial charge is 0.120 e. The highest BCUT2D eigenvalue weighted by molar-refractivity contribution is 9.10. The zero-order chi connectivity index (χ0) is 14.5. The molecule has 0 fully saturated rings. The molecule has 2 N–H and O–H groups in total. The minimum atomic E-state index is -1.18. The van der Waals surface area contributed by atoms with Crippen LogP contribution in [-0.2, 0) is 10.8 Å². The van der Waals surface area contributed by atoms with E-state index in [2.05, 4.69) is 31.9 Å². The van der Waals surface area contributed by atoms with Crippen molar-refractivity contribution < 1.29 is 8.95 Å². The van der Waals surface area contributed by atoms with E-state index in [4.69, 9.17) is 10.5 Å². The van der Waals surface area contributed by atoms with Gasteiger partial charge in [-0.3, -0.25) is 4.21 Å². The summed E-state index contributed by atoms with van der Waals surface area (Å²) in [5.74, 6) is 1.14. The van der Waals surface area contributed by atoms with E-state index in [0.29, 0.717) is 22.9 Å². The molecule has 20 heavy (non-hydrogen) atoms. The molecule has 0 aliphatic carbocycles. The Balaban J connectivity index is 1.94. The Labute approximate surface area is 137 Å². The summed E-state index contributed by atoms with van der Waals surface area (Å²) >= 11 is 6.73. The van der Waals surface area contributed by atoms with E-state index in [0.717, 1.165) is 14.7 Å². The summed E-state index contributed by atoms with van der Waals surface area (Å²) < 4.78 is 19.6. The van der Waals surface area contributed by atoms with Gasteiger partial charge in [0.05, 0.1) is 21.4 Å². The van der Waals surface area contributed by atoms with Crippen molar-refractivity contribution in [2.45, 2.75) is 4.90 Å². The highest BCUT2D eigenvalue weighted by atomic mass is 79.9. The van der Waals surface area contributed by atoms with Crippen molar-refractivity contribution in [3.8, 4) is 5.75 Å². The van der Waals surface area contributed by atoms with Crippen molar-refractivity contribution in [1.29, 1.82) is 0 Å². The molecule has 106 valence electrons. The fourth-order valence-electron chi connectivity index (χ4n) is 1.61. The minimum Gasteiger partial charge on any atom is -0.493 e. The van der Waals surface area contributed by atoms with Gasteiger partial charge in [0.25, 0.3) is 0 Å². The topological polar surface area (TPSA) is 52.3 Å². The molecule has 0 amide bonds. The SMILES string of the molecule is Nc1ccc(Br)cc1S(=O)CCOc1cccc(Br)c1. The van der Waals surface area contributed by atoms with Crippen LogP contribution in [0.4, 0.5) is 5.69 Å². The molecule has 1 unspecified atom stereocenters. The lowest BCUT2D eigenvalue weighted by atomic mass is 10.3. The molecule has 0 saturated heterocycles. The zero-order valence-electron chi connectivity index (χ0n) is 10.5. The second-order valence-corrected chi connectivity index (χ2v) is 7.41. The van der Waals surface area contributed by atoms with Crippen molar-refractivity contribution >= 4 is 48.3 Å². The van der Waals surface area contributed by atoms with Crippen LogP contribution in [0.1, 0.15) is 0 Å². The number of ether oxygens (including phenoxy) is 1. The number of hydrogen-bond donors (Lipinski definition) is 1. The molecule has 0 radical (unpaired) electrons. The third-order valence-corrected chi connectivity index (χ3v) is 4.92. The predicted octanol–water partition coefficient (Wildman–Crippen LogP) is 3.98. The normalized spacial score (nSPS) is 12.1. The quantitative estimate of drug-likeness (QED) is 0.747. The third-order valence-electron chi connectivity index (χ3n) is 2.55. The summed E-state index contributed by atoms with van der Waals surface area (Å²) in [5, 5.41) is 0. The number of rotatable bonds is 5. The molecule has 2 aromatic rings. The second-order valence-electron chi connectivity index (χ2n) is 4.04. The molecule has 0 saturated carbocycles. The Bertz CT molecular complexity index is 634. The van der Waals surface area contributed by atoms with Crippen LogP contribution in [0.2, 0.25) is 0 Å². The molecular weight excluding hydrogens is 406 g/mol. The monoisotopic (exact) mass is 417 g/mol. The van der Waals surface area contributed by atoms with Gasteiger partial charge >= 0.3 is 0 Å². The van der Waals surface area contributed by atoms with Crippen LogP contribution in [0.5, 0.6) is 5.75 Å². The maximum atomic E-state index is 12.2. The average molecular weight is 419 g/mol. The molecule has 2 rings (SSSR count). The lowest BCUT2D eigenvalue weighted by molar-refractivity contribution is 0.342. The van der Waals surface area contributed by atoms with Gasteiger partial charge < -0.3 is 10.5 Å². The van der Waals surface area contributed by atoms with Gasteiger partial charge in [0.2, 0.25) is 0 Å². The molecule has 0 aliphatic heterocycles. The first-order chi connectivity index (χ1) is 9.56. The maximum Gasteiger partial charge on any atom is 0.120 e. The van der Waals surface area contributed by atoms with Gasteiger partial charge in [-0.15, -0.1) is 0 Å². The predicted molar refractivity (Wildman–Crippen MR) is 89.5 cm³/mol. The molecule has 0 aromatic heterocycles. The van der Waals surface area contributed by atoms with Crippen LogP contribution in [0.15, 0.2) is 56.3 Å². The molecule has 0 spiro atoms. The van der Waals surface area contributed by atoms with Gasteiger partial charge in [0, 0.05) is 14.6 Å². The molecule has 6 heteroatoms. The van der Waals surface area contributed by atoms with Gasteiger partial charge in [0.1, 0.15) is 12.4 Å². The Morgan fingerprint density at radius 1 is 1.10 bits per heavy atom.